The van der Waals surface area contributed by atoms with Crippen LogP contribution in [0.2, 0.25) is 0 Å². The van der Waals surface area contributed by atoms with Crippen LogP contribution in [0.1, 0.15) is 37.3 Å². The van der Waals surface area contributed by atoms with Crippen molar-refractivity contribution in [1.29, 1.82) is 0 Å². The summed E-state index contributed by atoms with van der Waals surface area (Å²) in [6.07, 6.45) is 3.33. The lowest BCUT2D eigenvalue weighted by Crippen LogP contribution is -2.21. The van der Waals surface area contributed by atoms with Gasteiger partial charge >= 0.3 is 6.11 Å². The van der Waals surface area contributed by atoms with E-state index in [1.54, 1.807) is 18.5 Å². The molecule has 0 bridgehead atoms. The maximum absolute atomic E-state index is 15.2. The van der Waals surface area contributed by atoms with E-state index in [9.17, 15) is 30.7 Å². The van der Waals surface area contributed by atoms with Gasteiger partial charge in [0.1, 0.15) is 29.0 Å². The van der Waals surface area contributed by atoms with Gasteiger partial charge in [0.2, 0.25) is 0 Å². The van der Waals surface area contributed by atoms with Crippen LogP contribution in [0, 0.1) is 40.7 Å². The van der Waals surface area contributed by atoms with Gasteiger partial charge in [-0.25, -0.2) is 40.7 Å². The third kappa shape index (κ3) is 7.87. The molecule has 0 atom stereocenters. The van der Waals surface area contributed by atoms with Gasteiger partial charge in [0, 0.05) is 52.9 Å². The predicted octanol–water partition coefficient (Wildman–Crippen LogP) is 10.9. The Balaban J connectivity index is 1.32. The Hall–Kier alpha value is -5.13. The Bertz CT molecular complexity index is 1930. The number of unbranched alkanes of at least 4 members (excludes halogenated alkanes) is 2. The van der Waals surface area contributed by atoms with E-state index < -0.39 is 58.1 Å². The quantitative estimate of drug-likeness (QED) is 0.0796. The second kappa shape index (κ2) is 14.3. The molecule has 0 spiro atoms. The van der Waals surface area contributed by atoms with Crippen LogP contribution in [0.3, 0.4) is 0 Å². The van der Waals surface area contributed by atoms with E-state index in [4.69, 9.17) is 0 Å². The maximum atomic E-state index is 15.2. The normalized spacial score (nSPS) is 11.8. The van der Waals surface area contributed by atoms with Gasteiger partial charge in [-0.1, -0.05) is 44.0 Å². The molecule has 0 fully saturated rings. The summed E-state index contributed by atoms with van der Waals surface area (Å²) in [6.45, 7) is 2.11. The zero-order valence-corrected chi connectivity index (χ0v) is 25.1. The summed E-state index contributed by atoms with van der Waals surface area (Å²) in [5.74, 6) is -10.6. The van der Waals surface area contributed by atoms with Gasteiger partial charge in [-0.2, -0.15) is 8.78 Å². The lowest BCUT2D eigenvalue weighted by molar-refractivity contribution is -0.131. The van der Waals surface area contributed by atoms with Crippen molar-refractivity contribution < 1.29 is 44.3 Å². The first-order valence-electron chi connectivity index (χ1n) is 14.7. The average molecular weight is 673 g/mol. The highest BCUT2D eigenvalue weighted by Crippen LogP contribution is 2.33. The van der Waals surface area contributed by atoms with Crippen LogP contribution in [0.5, 0.6) is 5.75 Å². The lowest BCUT2D eigenvalue weighted by atomic mass is 9.97. The van der Waals surface area contributed by atoms with Crippen molar-refractivity contribution >= 4 is 6.08 Å². The van der Waals surface area contributed by atoms with Crippen molar-refractivity contribution in [3.05, 3.63) is 131 Å². The number of halogens is 9. The fraction of sp³-hybridized carbons (Fsp3) is 0.167. The summed E-state index contributed by atoms with van der Waals surface area (Å²) >= 11 is 0. The number of hydrogen-bond acceptors (Lipinski definition) is 3. The lowest BCUT2D eigenvalue weighted by Gasteiger charge is -2.15. The summed E-state index contributed by atoms with van der Waals surface area (Å²) in [6, 6.07) is 9.49. The summed E-state index contributed by atoms with van der Waals surface area (Å²) in [4.78, 5) is 8.63. The van der Waals surface area contributed by atoms with Crippen LogP contribution in [0.4, 0.5) is 39.5 Å². The van der Waals surface area contributed by atoms with E-state index in [2.05, 4.69) is 21.6 Å². The first-order chi connectivity index (χ1) is 22.8. The van der Waals surface area contributed by atoms with Crippen LogP contribution in [0.25, 0.3) is 39.7 Å². The fourth-order valence-corrected chi connectivity index (χ4v) is 4.88. The highest BCUT2D eigenvalue weighted by atomic mass is 19.3. The van der Waals surface area contributed by atoms with Crippen molar-refractivity contribution in [2.24, 2.45) is 0 Å². The Morgan fingerprint density at radius 2 is 1.19 bits per heavy atom. The van der Waals surface area contributed by atoms with E-state index in [1.165, 1.54) is 24.3 Å². The van der Waals surface area contributed by atoms with Gasteiger partial charge in [-0.05, 0) is 59.9 Å². The molecule has 0 amide bonds. The summed E-state index contributed by atoms with van der Waals surface area (Å²) in [7, 11) is 0. The van der Waals surface area contributed by atoms with Gasteiger partial charge in [0.25, 0.3) is 0 Å². The highest BCUT2D eigenvalue weighted by Gasteiger charge is 2.29. The second-order valence-corrected chi connectivity index (χ2v) is 10.8. The monoisotopic (exact) mass is 672 g/mol. The maximum Gasteiger partial charge on any atom is 0.419 e. The van der Waals surface area contributed by atoms with Crippen LogP contribution in [0.15, 0.2) is 79.1 Å². The van der Waals surface area contributed by atoms with E-state index in [1.807, 2.05) is 0 Å². The number of nitrogens with zero attached hydrogens (tertiary/aromatic N) is 2. The van der Waals surface area contributed by atoms with Gasteiger partial charge in [0.05, 0.1) is 0 Å². The van der Waals surface area contributed by atoms with Gasteiger partial charge in [-0.3, -0.25) is 0 Å². The standard InChI is InChI=1S/C36H25F9N2O/c1-2-3-4-5-20-18-46-35(47-19-20)22-7-9-25(29(38)13-22)21-6-8-26(28(37)12-21)23-14-30(39)27(31(40)15-23)10-11-36(44,45)48-24-16-32(41)34(43)33(42)17-24/h6-19H,2-5H2,1H3. The second-order valence-electron chi connectivity index (χ2n) is 10.8. The predicted molar refractivity (Wildman–Crippen MR) is 162 cm³/mol. The van der Waals surface area contributed by atoms with Crippen LogP contribution < -0.4 is 4.74 Å². The van der Waals surface area contributed by atoms with E-state index in [0.717, 1.165) is 37.3 Å². The Kier molecular flexibility index (Phi) is 10.2. The topological polar surface area (TPSA) is 35.0 Å². The van der Waals surface area contributed by atoms with E-state index in [-0.39, 0.29) is 40.5 Å². The van der Waals surface area contributed by atoms with Crippen LogP contribution in [-0.2, 0) is 6.42 Å². The van der Waals surface area contributed by atoms with Gasteiger partial charge in [0.15, 0.2) is 23.3 Å². The molecule has 0 saturated heterocycles. The SMILES string of the molecule is CCCCCc1cnc(-c2ccc(-c3ccc(-c4cc(F)c(C=CC(F)(F)Oc5cc(F)c(F)c(F)c5)c(F)c4)c(F)c3)c(F)c2)nc1. The third-order valence-electron chi connectivity index (χ3n) is 7.33. The molecule has 1 aromatic heterocycles. The average Bonchev–Trinajstić information content (AvgIpc) is 3.03. The number of aromatic nitrogens is 2. The molecule has 5 rings (SSSR count). The summed E-state index contributed by atoms with van der Waals surface area (Å²) < 4.78 is 132. The Morgan fingerprint density at radius 3 is 1.77 bits per heavy atom. The molecule has 0 N–H and O–H groups in total. The number of rotatable bonds is 11. The van der Waals surface area contributed by atoms with Crippen LogP contribution in [-0.4, -0.2) is 16.1 Å². The van der Waals surface area contributed by atoms with Crippen molar-refractivity contribution in [2.75, 3.05) is 0 Å². The Labute approximate surface area is 269 Å². The van der Waals surface area contributed by atoms with E-state index in [0.29, 0.717) is 29.6 Å². The minimum Gasteiger partial charge on any atom is -0.429 e. The molecule has 3 nitrogen and oxygen atoms in total. The first-order valence-corrected chi connectivity index (χ1v) is 14.7. The molecule has 1 heterocycles. The number of hydrogen-bond donors (Lipinski definition) is 0. The molecule has 0 aliphatic carbocycles. The molecular weight excluding hydrogens is 647 g/mol. The molecular formula is C36H25F9N2O. The number of benzene rings is 4. The zero-order valence-electron chi connectivity index (χ0n) is 25.1. The molecule has 0 unspecified atom stereocenters. The third-order valence-corrected chi connectivity index (χ3v) is 7.33. The molecule has 5 aromatic rings. The number of aryl methyl sites for hydroxylation is 1. The summed E-state index contributed by atoms with van der Waals surface area (Å²) in [5, 5.41) is 0. The van der Waals surface area contributed by atoms with Crippen molar-refractivity contribution in [3.63, 3.8) is 0 Å². The van der Waals surface area contributed by atoms with Gasteiger partial charge in [-0.15, -0.1) is 0 Å². The van der Waals surface area contributed by atoms with Gasteiger partial charge < -0.3 is 4.74 Å². The Morgan fingerprint density at radius 1 is 0.646 bits per heavy atom. The highest BCUT2D eigenvalue weighted by molar-refractivity contribution is 5.74. The fourth-order valence-electron chi connectivity index (χ4n) is 4.88. The smallest absolute Gasteiger partial charge is 0.419 e. The molecule has 0 aliphatic heterocycles. The minimum absolute atomic E-state index is 0.0486. The molecule has 0 saturated carbocycles. The largest absolute Gasteiger partial charge is 0.429 e. The van der Waals surface area contributed by atoms with Crippen molar-refractivity contribution in [3.8, 4) is 39.4 Å². The van der Waals surface area contributed by atoms with Crippen molar-refractivity contribution in [1.82, 2.24) is 9.97 Å². The molecule has 4 aromatic carbocycles. The zero-order chi connectivity index (χ0) is 34.6. The molecule has 0 radical (unpaired) electrons. The molecule has 0 aliphatic rings. The molecule has 248 valence electrons. The number of ether oxygens (including phenoxy) is 1. The van der Waals surface area contributed by atoms with Crippen molar-refractivity contribution in [2.45, 2.75) is 38.7 Å². The minimum atomic E-state index is -4.32. The molecule has 12 heteroatoms. The van der Waals surface area contributed by atoms with E-state index >= 15 is 8.78 Å². The first kappa shape index (κ1) is 34.2. The number of alkyl halides is 2. The van der Waals surface area contributed by atoms with Crippen LogP contribution >= 0.6 is 0 Å². The summed E-state index contributed by atoms with van der Waals surface area (Å²) in [5.41, 5.74) is 0.0775. The molecule has 48 heavy (non-hydrogen) atoms.